The van der Waals surface area contributed by atoms with Crippen molar-refractivity contribution < 1.29 is 14.3 Å². The zero-order valence-electron chi connectivity index (χ0n) is 16.5. The van der Waals surface area contributed by atoms with Gasteiger partial charge in [-0.3, -0.25) is 14.5 Å². The van der Waals surface area contributed by atoms with E-state index in [9.17, 15) is 9.59 Å². The first-order valence-corrected chi connectivity index (χ1v) is 9.85. The molecule has 0 spiro atoms. The average molecular weight is 407 g/mol. The van der Waals surface area contributed by atoms with Crippen molar-refractivity contribution in [1.29, 1.82) is 0 Å². The maximum atomic E-state index is 12.9. The number of amides is 2. The average Bonchev–Trinajstić information content (AvgIpc) is 3.40. The zero-order chi connectivity index (χ0) is 20.7. The van der Waals surface area contributed by atoms with Gasteiger partial charge in [0.15, 0.2) is 5.65 Å². The molecule has 0 saturated heterocycles. The summed E-state index contributed by atoms with van der Waals surface area (Å²) >= 11 is 0. The van der Waals surface area contributed by atoms with Crippen LogP contribution in [0.5, 0.6) is 0 Å². The molecule has 0 aliphatic carbocycles. The molecule has 2 amide bonds. The lowest BCUT2D eigenvalue weighted by Crippen LogP contribution is -2.47. The van der Waals surface area contributed by atoms with Crippen LogP contribution >= 0.6 is 0 Å². The highest BCUT2D eigenvalue weighted by Crippen LogP contribution is 2.22. The summed E-state index contributed by atoms with van der Waals surface area (Å²) in [6.45, 7) is 1.74. The first kappa shape index (κ1) is 18.5. The fourth-order valence-corrected chi connectivity index (χ4v) is 3.87. The number of hydrogen-bond acceptors (Lipinski definition) is 6. The molecule has 10 nitrogen and oxygen atoms in total. The van der Waals surface area contributed by atoms with Crippen LogP contribution in [0, 0.1) is 0 Å². The van der Waals surface area contributed by atoms with Gasteiger partial charge in [0, 0.05) is 19.7 Å². The second kappa shape index (κ2) is 7.38. The molecular weight excluding hydrogens is 386 g/mol. The van der Waals surface area contributed by atoms with Crippen molar-refractivity contribution in [2.24, 2.45) is 0 Å². The molecule has 3 aromatic rings. The Hall–Kier alpha value is -3.53. The summed E-state index contributed by atoms with van der Waals surface area (Å²) in [6, 6.07) is 6.75. The predicted molar refractivity (Wildman–Crippen MR) is 108 cm³/mol. The second-order valence-electron chi connectivity index (χ2n) is 7.30. The number of likely N-dealkylation sites (N-methyl/N-ethyl adjacent to an activating group) is 1. The highest BCUT2D eigenvalue weighted by Gasteiger charge is 2.31. The molecule has 0 fully saturated rings. The Labute approximate surface area is 172 Å². The Kier molecular flexibility index (Phi) is 4.55. The standard InChI is InChI=1S/C20H21N7O3/c1-25-17-5-9-21-26(17)10-6-14(20(25)29)22-19(28)18-23-16-4-2-3-15(27(16)24-18)13-7-11-30-12-8-13/h2-5,7,9,14H,6,8,10-12H2,1H3,(H,22,28)/t14-/m0/s1. The normalized spacial score (nSPS) is 19.4. The zero-order valence-corrected chi connectivity index (χ0v) is 16.5. The monoisotopic (exact) mass is 407 g/mol. The predicted octanol–water partition coefficient (Wildman–Crippen LogP) is 0.895. The van der Waals surface area contributed by atoms with Gasteiger partial charge >= 0.3 is 0 Å². The molecule has 10 heteroatoms. The summed E-state index contributed by atoms with van der Waals surface area (Å²) in [7, 11) is 1.68. The highest BCUT2D eigenvalue weighted by molar-refractivity contribution is 6.01. The quantitative estimate of drug-likeness (QED) is 0.691. The highest BCUT2D eigenvalue weighted by atomic mass is 16.5. The van der Waals surface area contributed by atoms with Crippen LogP contribution in [0.2, 0.25) is 0 Å². The minimum Gasteiger partial charge on any atom is -0.377 e. The summed E-state index contributed by atoms with van der Waals surface area (Å²) in [4.78, 5) is 31.6. The van der Waals surface area contributed by atoms with Crippen LogP contribution in [-0.2, 0) is 16.1 Å². The van der Waals surface area contributed by atoms with E-state index in [1.807, 2.05) is 18.2 Å². The summed E-state index contributed by atoms with van der Waals surface area (Å²) in [5.41, 5.74) is 2.58. The lowest BCUT2D eigenvalue weighted by molar-refractivity contribution is -0.120. The molecule has 0 bridgehead atoms. The van der Waals surface area contributed by atoms with Gasteiger partial charge in [-0.15, -0.1) is 5.10 Å². The molecule has 2 aliphatic heterocycles. The maximum absolute atomic E-state index is 12.9. The summed E-state index contributed by atoms with van der Waals surface area (Å²) < 4.78 is 8.80. The lowest BCUT2D eigenvalue weighted by atomic mass is 10.1. The molecule has 2 aliphatic rings. The van der Waals surface area contributed by atoms with Gasteiger partial charge in [-0.25, -0.2) is 14.2 Å². The van der Waals surface area contributed by atoms with E-state index in [-0.39, 0.29) is 11.7 Å². The Morgan fingerprint density at radius 2 is 2.20 bits per heavy atom. The van der Waals surface area contributed by atoms with E-state index in [0.29, 0.717) is 37.6 Å². The number of fused-ring (bicyclic) bond motifs is 2. The van der Waals surface area contributed by atoms with Crippen molar-refractivity contribution in [3.8, 4) is 0 Å². The van der Waals surface area contributed by atoms with Gasteiger partial charge in [-0.2, -0.15) is 5.10 Å². The van der Waals surface area contributed by atoms with Crippen molar-refractivity contribution in [1.82, 2.24) is 29.7 Å². The van der Waals surface area contributed by atoms with Gasteiger partial charge in [0.25, 0.3) is 11.8 Å². The number of nitrogens with one attached hydrogen (secondary N) is 1. The summed E-state index contributed by atoms with van der Waals surface area (Å²) in [6.07, 6.45) is 4.89. The number of carbonyl (C=O) groups is 2. The van der Waals surface area contributed by atoms with Crippen molar-refractivity contribution in [3.63, 3.8) is 0 Å². The van der Waals surface area contributed by atoms with E-state index in [1.165, 1.54) is 4.90 Å². The third-order valence-electron chi connectivity index (χ3n) is 5.46. The van der Waals surface area contributed by atoms with Gasteiger partial charge in [-0.1, -0.05) is 12.1 Å². The molecule has 5 heterocycles. The number of hydrogen-bond donors (Lipinski definition) is 1. The van der Waals surface area contributed by atoms with Crippen LogP contribution < -0.4 is 10.2 Å². The number of ether oxygens (including phenoxy) is 1. The van der Waals surface area contributed by atoms with Crippen molar-refractivity contribution in [2.45, 2.75) is 25.4 Å². The van der Waals surface area contributed by atoms with Crippen LogP contribution in [0.4, 0.5) is 5.82 Å². The van der Waals surface area contributed by atoms with E-state index in [1.54, 1.807) is 34.6 Å². The number of pyridine rings is 1. The topological polar surface area (TPSA) is 107 Å². The molecule has 1 atom stereocenters. The van der Waals surface area contributed by atoms with Crippen LogP contribution in [0.3, 0.4) is 0 Å². The number of nitrogens with zero attached hydrogens (tertiary/aromatic N) is 6. The van der Waals surface area contributed by atoms with E-state index in [2.05, 4.69) is 20.5 Å². The van der Waals surface area contributed by atoms with E-state index in [4.69, 9.17) is 4.74 Å². The number of rotatable bonds is 3. The van der Waals surface area contributed by atoms with Crippen molar-refractivity contribution in [2.75, 3.05) is 25.2 Å². The summed E-state index contributed by atoms with van der Waals surface area (Å²) in [5, 5.41) is 11.4. The van der Waals surface area contributed by atoms with Crippen LogP contribution in [-0.4, -0.2) is 62.5 Å². The maximum Gasteiger partial charge on any atom is 0.291 e. The number of carbonyl (C=O) groups excluding carboxylic acids is 2. The van der Waals surface area contributed by atoms with Gasteiger partial charge in [0.2, 0.25) is 5.82 Å². The Morgan fingerprint density at radius 3 is 3.03 bits per heavy atom. The molecule has 5 rings (SSSR count). The molecule has 0 aromatic carbocycles. The van der Waals surface area contributed by atoms with Crippen molar-refractivity contribution in [3.05, 3.63) is 48.1 Å². The SMILES string of the molecule is CN1C(=O)[C@@H](NC(=O)c2nc3cccc(C4=CCOCC4)n3n2)CCn2nccc21. The van der Waals surface area contributed by atoms with E-state index in [0.717, 1.165) is 17.7 Å². The minimum absolute atomic E-state index is 0.0348. The van der Waals surface area contributed by atoms with Gasteiger partial charge in [-0.05, 0) is 30.5 Å². The third-order valence-corrected chi connectivity index (χ3v) is 5.46. The van der Waals surface area contributed by atoms with E-state index >= 15 is 0 Å². The fraction of sp³-hybridized carbons (Fsp3) is 0.350. The third kappa shape index (κ3) is 3.14. The number of anilines is 1. The molecule has 0 saturated carbocycles. The van der Waals surface area contributed by atoms with Crippen LogP contribution in [0.1, 0.15) is 29.2 Å². The summed E-state index contributed by atoms with van der Waals surface area (Å²) in [5.74, 6) is 0.0702. The van der Waals surface area contributed by atoms with Crippen LogP contribution in [0.25, 0.3) is 11.2 Å². The van der Waals surface area contributed by atoms with Crippen molar-refractivity contribution >= 4 is 28.9 Å². The largest absolute Gasteiger partial charge is 0.377 e. The first-order valence-electron chi connectivity index (χ1n) is 9.85. The molecule has 154 valence electrons. The first-order chi connectivity index (χ1) is 14.6. The minimum atomic E-state index is -0.673. The van der Waals surface area contributed by atoms with Crippen LogP contribution in [0.15, 0.2) is 36.5 Å². The molecule has 3 aromatic heterocycles. The Morgan fingerprint density at radius 1 is 1.30 bits per heavy atom. The van der Waals surface area contributed by atoms with Gasteiger partial charge in [0.1, 0.15) is 11.9 Å². The molecular formula is C20H21N7O3. The molecule has 0 unspecified atom stereocenters. The smallest absolute Gasteiger partial charge is 0.291 e. The number of aryl methyl sites for hydroxylation is 1. The number of aromatic nitrogens is 5. The molecule has 0 radical (unpaired) electrons. The fourth-order valence-electron chi connectivity index (χ4n) is 3.87. The second-order valence-corrected chi connectivity index (χ2v) is 7.30. The van der Waals surface area contributed by atoms with Gasteiger partial charge in [0.05, 0.1) is 25.1 Å². The van der Waals surface area contributed by atoms with E-state index < -0.39 is 11.9 Å². The Balaban J connectivity index is 1.39. The molecule has 30 heavy (non-hydrogen) atoms. The lowest BCUT2D eigenvalue weighted by Gasteiger charge is -2.19. The van der Waals surface area contributed by atoms with Gasteiger partial charge < -0.3 is 10.1 Å². The molecule has 1 N–H and O–H groups in total. The Bertz CT molecular complexity index is 1160.